The molecule has 0 saturated heterocycles. The summed E-state index contributed by atoms with van der Waals surface area (Å²) in [6.07, 6.45) is 0. The Kier molecular flexibility index (Phi) is 137. The van der Waals surface area contributed by atoms with Gasteiger partial charge in [-0.2, -0.15) is 8.60 Å². The Morgan fingerprint density at radius 1 is 0.889 bits per heavy atom. The van der Waals surface area contributed by atoms with Gasteiger partial charge in [-0.05, 0) is 0 Å². The first-order chi connectivity index (χ1) is 1.73. The topological polar surface area (TPSA) is 123 Å². The fourth-order valence-corrected chi connectivity index (χ4v) is 0. The third-order valence-electron chi connectivity index (χ3n) is 0. The van der Waals surface area contributed by atoms with Gasteiger partial charge in [-0.25, -0.2) is 0 Å². The summed E-state index contributed by atoms with van der Waals surface area (Å²) in [5, 5.41) is 0. The van der Waals surface area contributed by atoms with Crippen molar-refractivity contribution in [1.82, 2.24) is 0 Å². The first-order valence-electron chi connectivity index (χ1n) is 0.565. The van der Waals surface area contributed by atoms with E-state index in [2.05, 4.69) is 0 Å². The van der Waals surface area contributed by atoms with Crippen LogP contribution in [0, 0.1) is 0 Å². The predicted molar refractivity (Wildman–Crippen MR) is 27.8 cm³/mol. The van der Waals surface area contributed by atoms with Crippen molar-refractivity contribution in [2.45, 2.75) is 0 Å². The van der Waals surface area contributed by atoms with E-state index < -0.39 is 8.60 Å². The number of rotatable bonds is 0. The molecule has 9 heavy (non-hydrogen) atoms. The van der Waals surface area contributed by atoms with Crippen LogP contribution in [0.1, 0.15) is 0 Å². The zero-order valence-electron chi connectivity index (χ0n) is 4.03. The van der Waals surface area contributed by atoms with Gasteiger partial charge in [-0.1, -0.05) is 0 Å². The monoisotopic (exact) mass is 736 g/mol. The Hall–Kier alpha value is 3.00. The van der Waals surface area contributed by atoms with Crippen molar-refractivity contribution < 1.29 is 25.6 Å². The summed E-state index contributed by atoms with van der Waals surface area (Å²) in [5.41, 5.74) is 0. The largest absolute Gasteiger partial charge is 2.00 e. The summed E-state index contributed by atoms with van der Waals surface area (Å²) in [6.45, 7) is 0. The molecule has 0 aromatic rings. The molecule has 9 heteroatoms. The van der Waals surface area contributed by atoms with Crippen molar-refractivity contribution in [1.29, 1.82) is 0 Å². The van der Waals surface area contributed by atoms with Crippen molar-refractivity contribution in [2.75, 3.05) is 0 Å². The van der Waals surface area contributed by atoms with E-state index in [9.17, 15) is 0 Å². The molecule has 5 nitrogen and oxygen atoms in total. The van der Waals surface area contributed by atoms with E-state index in [0.717, 1.165) is 0 Å². The Labute approximate surface area is 114 Å². The second kappa shape index (κ2) is 30.6. The summed E-state index contributed by atoms with van der Waals surface area (Å²) in [6, 6.07) is 0. The normalized spacial score (nSPS) is 4.00. The van der Waals surface area contributed by atoms with E-state index in [1.54, 1.807) is 0 Å². The minimum Gasteiger partial charge on any atom is -2.00 e. The molecule has 0 aromatic heterocycles. The smallest absolute Gasteiger partial charge is 2.00 e. The van der Waals surface area contributed by atoms with Crippen molar-refractivity contribution in [3.05, 3.63) is 0 Å². The third-order valence-corrected chi connectivity index (χ3v) is 0. The summed E-state index contributed by atoms with van der Waals surface area (Å²) < 4.78 is 0. The fraction of sp³-hybridized carbons (Fsp3) is 0. The number of hydrogen-bond acceptors (Lipinski definition) is 3. The van der Waals surface area contributed by atoms with Gasteiger partial charge < -0.3 is 25.6 Å². The van der Waals surface area contributed by atoms with E-state index in [1.807, 2.05) is 0 Å². The van der Waals surface area contributed by atoms with Gasteiger partial charge in [0.05, 0.1) is 0 Å². The van der Waals surface area contributed by atoms with Gasteiger partial charge in [0, 0.05) is 0 Å². The Bertz CT molecular complexity index is 16.9. The van der Waals surface area contributed by atoms with Crippen molar-refractivity contribution in [2.24, 2.45) is 0 Å². The SMILES string of the molecule is [O-2].[O-2].[O-]P([O-])O.[Pb+2].[Pb+2].[Pb+2]. The van der Waals surface area contributed by atoms with Crippen LogP contribution < -0.4 is 9.79 Å². The quantitative estimate of drug-likeness (QED) is 0.206. The zero-order valence-corrected chi connectivity index (χ0v) is 16.6. The van der Waals surface area contributed by atoms with Gasteiger partial charge in [-0.3, -0.25) is 0 Å². The predicted octanol–water partition coefficient (Wildman–Crippen LogP) is -3.45. The third kappa shape index (κ3) is 99.1. The molecule has 0 spiro atoms. The zero-order chi connectivity index (χ0) is 3.58. The molecule has 0 heterocycles. The van der Waals surface area contributed by atoms with Crippen molar-refractivity contribution >= 4 is 90.5 Å². The average molecular weight is 734 g/mol. The van der Waals surface area contributed by atoms with Crippen LogP contribution in [-0.2, 0) is 11.0 Å². The fourth-order valence-electron chi connectivity index (χ4n) is 0. The average Bonchev–Trinajstić information content (AvgIpc) is 0.811. The van der Waals surface area contributed by atoms with Crippen molar-refractivity contribution in [3.63, 3.8) is 0 Å². The van der Waals surface area contributed by atoms with Crippen LogP contribution in [0.25, 0.3) is 0 Å². The van der Waals surface area contributed by atoms with Crippen LogP contribution in [0.5, 0.6) is 0 Å². The molecule has 0 unspecified atom stereocenters. The van der Waals surface area contributed by atoms with Crippen molar-refractivity contribution in [3.8, 4) is 0 Å². The molecule has 6 radical (unpaired) electrons. The van der Waals surface area contributed by atoms with E-state index >= 15 is 0 Å². The van der Waals surface area contributed by atoms with Crippen LogP contribution in [0.15, 0.2) is 0 Å². The Balaban J connectivity index is -0.00000000450. The molecule has 0 aliphatic carbocycles. The van der Waals surface area contributed by atoms with Crippen LogP contribution in [0.3, 0.4) is 0 Å². The van der Waals surface area contributed by atoms with Gasteiger partial charge in [0.1, 0.15) is 0 Å². The molecule has 0 atom stereocenters. The summed E-state index contributed by atoms with van der Waals surface area (Å²) in [7, 11) is -3.12. The van der Waals surface area contributed by atoms with Gasteiger partial charge in [0.2, 0.25) is 0 Å². The minimum atomic E-state index is -3.12. The van der Waals surface area contributed by atoms with E-state index in [-0.39, 0.29) is 92.8 Å². The Morgan fingerprint density at radius 2 is 0.889 bits per heavy atom. The van der Waals surface area contributed by atoms with Crippen LogP contribution in [-0.4, -0.2) is 86.8 Å². The van der Waals surface area contributed by atoms with Crippen LogP contribution in [0.2, 0.25) is 0 Å². The summed E-state index contributed by atoms with van der Waals surface area (Å²) in [5.74, 6) is 0. The molecular formula is HO5PPb3. The molecule has 0 fully saturated rings. The standard InChI is InChI=1S/HO3P.2O.3Pb/c1-4(2)3;;;;;/h1H;;;;;/q3*-2;3*+2. The molecule has 0 rings (SSSR count). The van der Waals surface area contributed by atoms with E-state index in [4.69, 9.17) is 14.7 Å². The number of hydrogen-bond donors (Lipinski definition) is 1. The molecule has 0 aromatic carbocycles. The molecular weight excluding hydrogens is 733 g/mol. The second-order valence-electron chi connectivity index (χ2n) is 0.238. The first kappa shape index (κ1) is 40.3. The molecule has 1 N–H and O–H groups in total. The van der Waals surface area contributed by atoms with Gasteiger partial charge in [0.25, 0.3) is 0 Å². The minimum absolute atomic E-state index is 0. The molecule has 48 valence electrons. The molecule has 0 aliphatic rings. The van der Waals surface area contributed by atoms with Gasteiger partial charge in [0.15, 0.2) is 0 Å². The molecule has 0 saturated carbocycles. The summed E-state index contributed by atoms with van der Waals surface area (Å²) >= 11 is 0. The molecule has 0 aliphatic heterocycles. The molecule has 0 amide bonds. The maximum Gasteiger partial charge on any atom is 2.00 e. The molecule has 0 bridgehead atoms. The second-order valence-corrected chi connectivity index (χ2v) is 0.714. The van der Waals surface area contributed by atoms with E-state index in [1.165, 1.54) is 0 Å². The maximum atomic E-state index is 8.59. The van der Waals surface area contributed by atoms with E-state index in [0.29, 0.717) is 0 Å². The van der Waals surface area contributed by atoms with Crippen LogP contribution in [0.4, 0.5) is 0 Å². The van der Waals surface area contributed by atoms with Gasteiger partial charge in [-0.15, -0.1) is 0 Å². The Morgan fingerprint density at radius 3 is 0.889 bits per heavy atom. The van der Waals surface area contributed by atoms with Crippen LogP contribution >= 0.6 is 8.60 Å². The first-order valence-corrected chi connectivity index (χ1v) is 1.70. The maximum absolute atomic E-state index is 8.59. The van der Waals surface area contributed by atoms with Gasteiger partial charge >= 0.3 is 81.9 Å². The summed E-state index contributed by atoms with van der Waals surface area (Å²) in [4.78, 5) is 24.2.